The largest absolute Gasteiger partial charge is 0.354 e. The molecule has 0 radical (unpaired) electrons. The molecule has 0 aliphatic rings. The molecular formula is C32H41N3O4S. The van der Waals surface area contributed by atoms with Crippen LogP contribution in [0.5, 0.6) is 0 Å². The number of amides is 2. The first-order valence-electron chi connectivity index (χ1n) is 13.7. The Morgan fingerprint density at radius 1 is 0.875 bits per heavy atom. The zero-order chi connectivity index (χ0) is 29.4. The maximum atomic E-state index is 14.1. The number of hydrogen-bond donors (Lipinski definition) is 1. The van der Waals surface area contributed by atoms with E-state index in [0.29, 0.717) is 18.7 Å². The van der Waals surface area contributed by atoms with Crippen LogP contribution in [0.4, 0.5) is 5.69 Å². The van der Waals surface area contributed by atoms with Gasteiger partial charge in [-0.2, -0.15) is 0 Å². The first kappa shape index (κ1) is 30.9. The van der Waals surface area contributed by atoms with Crippen LogP contribution in [0, 0.1) is 26.7 Å². The van der Waals surface area contributed by atoms with Crippen LogP contribution in [0.3, 0.4) is 0 Å². The molecule has 0 aliphatic carbocycles. The highest BCUT2D eigenvalue weighted by Crippen LogP contribution is 2.26. The molecule has 0 saturated carbocycles. The van der Waals surface area contributed by atoms with E-state index in [0.717, 1.165) is 26.6 Å². The minimum Gasteiger partial charge on any atom is -0.354 e. The van der Waals surface area contributed by atoms with E-state index in [2.05, 4.69) is 5.32 Å². The maximum Gasteiger partial charge on any atom is 0.264 e. The van der Waals surface area contributed by atoms with E-state index in [4.69, 9.17) is 0 Å². The molecular weight excluding hydrogens is 522 g/mol. The second-order valence-corrected chi connectivity index (χ2v) is 12.5. The molecule has 8 heteroatoms. The quantitative estimate of drug-likeness (QED) is 0.320. The normalized spacial score (nSPS) is 12.2. The minimum absolute atomic E-state index is 0.0906. The summed E-state index contributed by atoms with van der Waals surface area (Å²) in [7, 11) is -4.08. The van der Waals surface area contributed by atoms with E-state index >= 15 is 0 Å². The molecule has 2 amide bonds. The highest BCUT2D eigenvalue weighted by molar-refractivity contribution is 7.92. The van der Waals surface area contributed by atoms with Crippen LogP contribution < -0.4 is 9.62 Å². The molecule has 0 fully saturated rings. The lowest BCUT2D eigenvalue weighted by atomic mass is 10.1. The Balaban J connectivity index is 2.05. The third-order valence-electron chi connectivity index (χ3n) is 6.93. The number of nitrogens with one attached hydrogen (secondary N) is 1. The van der Waals surface area contributed by atoms with Gasteiger partial charge in [0.25, 0.3) is 10.0 Å². The highest BCUT2D eigenvalue weighted by atomic mass is 32.2. The Kier molecular flexibility index (Phi) is 10.5. The number of nitrogens with zero attached hydrogens (tertiary/aromatic N) is 2. The van der Waals surface area contributed by atoms with E-state index in [-0.39, 0.29) is 23.3 Å². The standard InChI is InChI=1S/C32H41N3O4S/c1-7-30(32(37)33-20-23(2)3)34(21-27-16-13-24(4)14-17-27)31(36)22-35(28-18-15-25(5)26(6)19-28)40(38,39)29-11-9-8-10-12-29/h8-19,23,30H,7,20-22H2,1-6H3,(H,33,37)/t30-/m0/s1. The van der Waals surface area contributed by atoms with Crippen molar-refractivity contribution >= 4 is 27.5 Å². The minimum atomic E-state index is -4.08. The van der Waals surface area contributed by atoms with Crippen LogP contribution in [0.15, 0.2) is 77.7 Å². The first-order chi connectivity index (χ1) is 18.9. The Morgan fingerprint density at radius 2 is 1.52 bits per heavy atom. The van der Waals surface area contributed by atoms with Crippen molar-refractivity contribution in [2.45, 2.75) is 65.4 Å². The van der Waals surface area contributed by atoms with E-state index < -0.39 is 28.5 Å². The zero-order valence-corrected chi connectivity index (χ0v) is 25.2. The van der Waals surface area contributed by atoms with Gasteiger partial charge in [0.05, 0.1) is 10.6 Å². The van der Waals surface area contributed by atoms with Crippen LogP contribution >= 0.6 is 0 Å². The molecule has 1 N–H and O–H groups in total. The summed E-state index contributed by atoms with van der Waals surface area (Å²) < 4.78 is 29.0. The van der Waals surface area contributed by atoms with Gasteiger partial charge in [-0.15, -0.1) is 0 Å². The SMILES string of the molecule is CC[C@@H](C(=O)NCC(C)C)N(Cc1ccc(C)cc1)C(=O)CN(c1ccc(C)c(C)c1)S(=O)(=O)c1ccccc1. The molecule has 0 spiro atoms. The van der Waals surface area contributed by atoms with Crippen molar-refractivity contribution in [3.8, 4) is 0 Å². The van der Waals surface area contributed by atoms with Crippen molar-refractivity contribution in [2.75, 3.05) is 17.4 Å². The Hall–Kier alpha value is -3.65. The number of rotatable bonds is 12. The molecule has 0 aromatic heterocycles. The first-order valence-corrected chi connectivity index (χ1v) is 15.2. The summed E-state index contributed by atoms with van der Waals surface area (Å²) in [5.74, 6) is -0.454. The summed E-state index contributed by atoms with van der Waals surface area (Å²) in [6.07, 6.45) is 0.386. The Morgan fingerprint density at radius 3 is 2.10 bits per heavy atom. The summed E-state index contributed by atoms with van der Waals surface area (Å²) in [5.41, 5.74) is 4.26. The number of sulfonamides is 1. The molecule has 214 valence electrons. The summed E-state index contributed by atoms with van der Waals surface area (Å²) in [5, 5.41) is 2.95. The number of benzene rings is 3. The summed E-state index contributed by atoms with van der Waals surface area (Å²) >= 11 is 0. The molecule has 3 rings (SSSR count). The fourth-order valence-corrected chi connectivity index (χ4v) is 5.79. The van der Waals surface area contributed by atoms with Crippen molar-refractivity contribution in [2.24, 2.45) is 5.92 Å². The van der Waals surface area contributed by atoms with Gasteiger partial charge in [0.2, 0.25) is 11.8 Å². The second-order valence-electron chi connectivity index (χ2n) is 10.7. The van der Waals surface area contributed by atoms with E-state index in [1.54, 1.807) is 30.3 Å². The van der Waals surface area contributed by atoms with Crippen LogP contribution in [0.1, 0.15) is 49.4 Å². The third kappa shape index (κ3) is 7.72. The maximum absolute atomic E-state index is 14.1. The topological polar surface area (TPSA) is 86.8 Å². The number of anilines is 1. The van der Waals surface area contributed by atoms with Crippen molar-refractivity contribution in [1.29, 1.82) is 0 Å². The number of carbonyl (C=O) groups is 2. The van der Waals surface area contributed by atoms with Crippen LogP contribution in [0.25, 0.3) is 0 Å². The summed E-state index contributed by atoms with van der Waals surface area (Å²) in [6.45, 7) is 11.9. The Bertz CT molecular complexity index is 1400. The number of aryl methyl sites for hydroxylation is 3. The fourth-order valence-electron chi connectivity index (χ4n) is 4.36. The van der Waals surface area contributed by atoms with E-state index in [9.17, 15) is 18.0 Å². The number of carbonyl (C=O) groups excluding carboxylic acids is 2. The summed E-state index contributed by atoms with van der Waals surface area (Å²) in [4.78, 5) is 29.0. The molecule has 0 unspecified atom stereocenters. The predicted octanol–water partition coefficient (Wildman–Crippen LogP) is 5.39. The Labute approximate surface area is 239 Å². The van der Waals surface area contributed by atoms with Gasteiger partial charge >= 0.3 is 0 Å². The van der Waals surface area contributed by atoms with Gasteiger partial charge in [0, 0.05) is 13.1 Å². The lowest BCUT2D eigenvalue weighted by Gasteiger charge is -2.33. The van der Waals surface area contributed by atoms with Crippen molar-refractivity contribution < 1.29 is 18.0 Å². The van der Waals surface area contributed by atoms with Gasteiger partial charge in [-0.05, 0) is 74.1 Å². The number of hydrogen-bond acceptors (Lipinski definition) is 4. The smallest absolute Gasteiger partial charge is 0.264 e. The monoisotopic (exact) mass is 563 g/mol. The van der Waals surface area contributed by atoms with Gasteiger partial charge in [0.1, 0.15) is 12.6 Å². The van der Waals surface area contributed by atoms with Crippen molar-refractivity contribution in [3.63, 3.8) is 0 Å². The molecule has 3 aromatic rings. The van der Waals surface area contributed by atoms with Gasteiger partial charge in [-0.1, -0.05) is 74.9 Å². The summed E-state index contributed by atoms with van der Waals surface area (Å²) in [6, 6.07) is 20.5. The lowest BCUT2D eigenvalue weighted by molar-refractivity contribution is -0.140. The molecule has 0 saturated heterocycles. The van der Waals surface area contributed by atoms with Crippen LogP contribution in [0.2, 0.25) is 0 Å². The predicted molar refractivity (Wildman–Crippen MR) is 161 cm³/mol. The van der Waals surface area contributed by atoms with Gasteiger partial charge in [-0.25, -0.2) is 8.42 Å². The molecule has 0 bridgehead atoms. The third-order valence-corrected chi connectivity index (χ3v) is 8.72. The fraction of sp³-hybridized carbons (Fsp3) is 0.375. The molecule has 3 aromatic carbocycles. The average molecular weight is 564 g/mol. The van der Waals surface area contributed by atoms with Gasteiger partial charge in [-0.3, -0.25) is 13.9 Å². The highest BCUT2D eigenvalue weighted by Gasteiger charge is 2.33. The molecule has 40 heavy (non-hydrogen) atoms. The van der Waals surface area contributed by atoms with E-state index in [1.807, 2.05) is 71.9 Å². The molecule has 1 atom stereocenters. The van der Waals surface area contributed by atoms with Crippen molar-refractivity contribution in [1.82, 2.24) is 10.2 Å². The molecule has 0 aliphatic heterocycles. The zero-order valence-electron chi connectivity index (χ0n) is 24.3. The van der Waals surface area contributed by atoms with Crippen LogP contribution in [-0.2, 0) is 26.2 Å². The molecule has 7 nitrogen and oxygen atoms in total. The molecule has 0 heterocycles. The lowest BCUT2D eigenvalue weighted by Crippen LogP contribution is -2.52. The average Bonchev–Trinajstić information content (AvgIpc) is 2.93. The van der Waals surface area contributed by atoms with E-state index in [1.165, 1.54) is 17.0 Å². The van der Waals surface area contributed by atoms with Gasteiger partial charge < -0.3 is 10.2 Å². The second kappa shape index (κ2) is 13.6. The van der Waals surface area contributed by atoms with Crippen LogP contribution in [-0.4, -0.2) is 44.3 Å². The van der Waals surface area contributed by atoms with Crippen molar-refractivity contribution in [3.05, 3.63) is 95.1 Å². The van der Waals surface area contributed by atoms with Gasteiger partial charge in [0.15, 0.2) is 0 Å².